The van der Waals surface area contributed by atoms with Crippen molar-refractivity contribution >= 4 is 63.0 Å². The zero-order valence-electron chi connectivity index (χ0n) is 24.0. The summed E-state index contributed by atoms with van der Waals surface area (Å²) in [5.41, 5.74) is 3.77. The molecule has 8 rings (SSSR count). The van der Waals surface area contributed by atoms with Gasteiger partial charge >= 0.3 is 0 Å². The van der Waals surface area contributed by atoms with Crippen molar-refractivity contribution in [3.8, 4) is 11.4 Å². The van der Waals surface area contributed by atoms with Crippen LogP contribution in [0.15, 0.2) is 109 Å². The van der Waals surface area contributed by atoms with Crippen molar-refractivity contribution in [2.45, 2.75) is 38.5 Å². The van der Waals surface area contributed by atoms with Gasteiger partial charge in [0.1, 0.15) is 0 Å². The van der Waals surface area contributed by atoms with Gasteiger partial charge in [0.15, 0.2) is 0 Å². The summed E-state index contributed by atoms with van der Waals surface area (Å²) in [6, 6.07) is 34.6. The van der Waals surface area contributed by atoms with Crippen LogP contribution in [0.1, 0.15) is 39.1 Å². The molecule has 4 aromatic carbocycles. The van der Waals surface area contributed by atoms with E-state index in [-0.39, 0.29) is 10.8 Å². The molecule has 0 fully saturated rings. The second-order valence-corrected chi connectivity index (χ2v) is 14.1. The number of hydrogen-bond donors (Lipinski definition) is 0. The molecule has 0 saturated carbocycles. The average Bonchev–Trinajstić information content (AvgIpc) is 3.80. The third-order valence-electron chi connectivity index (χ3n) is 9.28. The van der Waals surface area contributed by atoms with E-state index in [1.54, 1.807) is 0 Å². The molecule has 0 aliphatic heterocycles. The summed E-state index contributed by atoms with van der Waals surface area (Å²) < 4.78 is 9.22. The Bertz CT molecular complexity index is 2110. The van der Waals surface area contributed by atoms with E-state index in [2.05, 4.69) is 137 Å². The van der Waals surface area contributed by atoms with Crippen molar-refractivity contribution in [1.29, 1.82) is 0 Å². The van der Waals surface area contributed by atoms with Crippen LogP contribution in [-0.4, -0.2) is 19.6 Å². The Morgan fingerprint density at radius 2 is 0.881 bits per heavy atom. The average molecular weight is 583 g/mol. The molecule has 8 aromatic rings. The first kappa shape index (κ1) is 25.5. The largest absolute Gasteiger partial charge is 0.239 e. The Labute approximate surface area is 252 Å². The molecule has 206 valence electrons. The van der Waals surface area contributed by atoms with Crippen molar-refractivity contribution in [1.82, 2.24) is 19.6 Å². The molecule has 42 heavy (non-hydrogen) atoms. The smallest absolute Gasteiger partial charge is 0.0824 e. The van der Waals surface area contributed by atoms with Crippen LogP contribution in [0.25, 0.3) is 51.7 Å². The fraction of sp³-hybridized carbons (Fsp3) is 0.167. The Hall–Kier alpha value is -4.26. The van der Waals surface area contributed by atoms with Crippen LogP contribution in [0.2, 0.25) is 0 Å². The maximum atomic E-state index is 5.18. The van der Waals surface area contributed by atoms with Crippen molar-refractivity contribution in [3.63, 3.8) is 0 Å². The molecule has 4 aromatic heterocycles. The maximum absolute atomic E-state index is 5.18. The molecule has 6 heteroatoms. The van der Waals surface area contributed by atoms with E-state index in [9.17, 15) is 0 Å². The third kappa shape index (κ3) is 3.65. The predicted octanol–water partition coefficient (Wildman–Crippen LogP) is 10.0. The van der Waals surface area contributed by atoms with Crippen LogP contribution in [0.3, 0.4) is 0 Å². The van der Waals surface area contributed by atoms with Crippen LogP contribution in [0, 0.1) is 0 Å². The third-order valence-corrected chi connectivity index (χ3v) is 11.7. The quantitative estimate of drug-likeness (QED) is 0.202. The van der Waals surface area contributed by atoms with Crippen LogP contribution >= 0.6 is 22.7 Å². The summed E-state index contributed by atoms with van der Waals surface area (Å²) in [5, 5.41) is 15.5. The number of nitrogens with zero attached hydrogens (tertiary/aromatic N) is 4. The minimum absolute atomic E-state index is 0.283. The molecule has 4 nitrogen and oxygen atoms in total. The molecular weight excluding hydrogens is 553 g/mol. The molecule has 0 radical (unpaired) electrons. The predicted molar refractivity (Wildman–Crippen MR) is 179 cm³/mol. The summed E-state index contributed by atoms with van der Waals surface area (Å²) in [6.45, 7) is 9.13. The van der Waals surface area contributed by atoms with Gasteiger partial charge in [0.05, 0.1) is 32.2 Å². The zero-order chi connectivity index (χ0) is 28.6. The lowest BCUT2D eigenvalue weighted by Gasteiger charge is -2.39. The first-order valence-corrected chi connectivity index (χ1v) is 15.9. The van der Waals surface area contributed by atoms with Gasteiger partial charge in [-0.2, -0.15) is 10.2 Å². The van der Waals surface area contributed by atoms with Gasteiger partial charge in [0.25, 0.3) is 0 Å². The van der Waals surface area contributed by atoms with Gasteiger partial charge in [-0.1, -0.05) is 88.4 Å². The van der Waals surface area contributed by atoms with Crippen LogP contribution < -0.4 is 0 Å². The topological polar surface area (TPSA) is 35.6 Å². The first-order valence-electron chi connectivity index (χ1n) is 14.3. The standard InChI is InChI=1S/C36H30N4S2/c1-35(2,31-19-21-39(37-31)27-15-9-13-25-23-11-5-7-17-29(23)41-33(25)27)36(3,4)32-20-22-40(38-32)28-16-10-14-26-24-12-6-8-18-30(24)42-34(26)28/h5-22H,1-4H3. The number of hydrogen-bond acceptors (Lipinski definition) is 4. The molecule has 0 aliphatic carbocycles. The number of thiophene rings is 2. The van der Waals surface area contributed by atoms with E-state index in [0.717, 1.165) is 22.8 Å². The molecule has 0 unspecified atom stereocenters. The van der Waals surface area contributed by atoms with E-state index in [4.69, 9.17) is 10.2 Å². The molecular formula is C36H30N4S2. The van der Waals surface area contributed by atoms with Gasteiger partial charge in [-0.25, -0.2) is 9.36 Å². The van der Waals surface area contributed by atoms with E-state index in [0.29, 0.717) is 0 Å². The summed E-state index contributed by atoms with van der Waals surface area (Å²) in [5.74, 6) is 0. The van der Waals surface area contributed by atoms with Crippen LogP contribution in [-0.2, 0) is 10.8 Å². The number of rotatable bonds is 5. The molecule has 4 heterocycles. The summed E-state index contributed by atoms with van der Waals surface area (Å²) >= 11 is 3.66. The van der Waals surface area contributed by atoms with E-state index in [1.807, 2.05) is 32.0 Å². The zero-order valence-corrected chi connectivity index (χ0v) is 25.6. The van der Waals surface area contributed by atoms with Gasteiger partial charge in [0, 0.05) is 54.2 Å². The second kappa shape index (κ2) is 9.12. The minimum Gasteiger partial charge on any atom is -0.239 e. The highest BCUT2D eigenvalue weighted by Gasteiger charge is 2.43. The molecule has 0 N–H and O–H groups in total. The van der Waals surface area contributed by atoms with Crippen LogP contribution in [0.5, 0.6) is 0 Å². The van der Waals surface area contributed by atoms with E-state index >= 15 is 0 Å². The van der Waals surface area contributed by atoms with E-state index < -0.39 is 0 Å². The summed E-state index contributed by atoms with van der Waals surface area (Å²) in [4.78, 5) is 0. The van der Waals surface area contributed by atoms with E-state index in [1.165, 1.54) is 40.3 Å². The maximum Gasteiger partial charge on any atom is 0.0824 e. The Morgan fingerprint density at radius 1 is 0.476 bits per heavy atom. The Kier molecular flexibility index (Phi) is 5.53. The summed E-state index contributed by atoms with van der Waals surface area (Å²) in [6.07, 6.45) is 4.21. The lowest BCUT2D eigenvalue weighted by Crippen LogP contribution is -2.41. The molecule has 0 aliphatic rings. The molecule has 0 amide bonds. The van der Waals surface area contributed by atoms with Gasteiger partial charge in [-0.3, -0.25) is 0 Å². The highest BCUT2D eigenvalue weighted by Crippen LogP contribution is 2.44. The van der Waals surface area contributed by atoms with Gasteiger partial charge in [0.2, 0.25) is 0 Å². The van der Waals surface area contributed by atoms with Gasteiger partial charge in [-0.15, -0.1) is 22.7 Å². The lowest BCUT2D eigenvalue weighted by molar-refractivity contribution is 0.286. The highest BCUT2D eigenvalue weighted by molar-refractivity contribution is 7.26. The SMILES string of the molecule is CC(C)(c1ccn(-c2cccc3c2sc2ccccc23)n1)C(C)(C)c1ccn(-c2cccc3c2sc2ccccc23)n1. The summed E-state index contributed by atoms with van der Waals surface area (Å²) in [7, 11) is 0. The molecule has 0 atom stereocenters. The van der Waals surface area contributed by atoms with Gasteiger partial charge < -0.3 is 0 Å². The van der Waals surface area contributed by atoms with Crippen molar-refractivity contribution in [3.05, 3.63) is 121 Å². The Balaban J connectivity index is 1.17. The first-order chi connectivity index (χ1) is 20.3. The molecule has 0 bridgehead atoms. The second-order valence-electron chi connectivity index (χ2n) is 12.0. The lowest BCUT2D eigenvalue weighted by atomic mass is 9.64. The fourth-order valence-electron chi connectivity index (χ4n) is 6.05. The molecule has 0 saturated heterocycles. The molecule has 0 spiro atoms. The fourth-order valence-corrected chi connectivity index (χ4v) is 8.47. The van der Waals surface area contributed by atoms with Crippen molar-refractivity contribution in [2.75, 3.05) is 0 Å². The normalized spacial score (nSPS) is 12.8. The number of benzene rings is 4. The number of aromatic nitrogens is 4. The van der Waals surface area contributed by atoms with Crippen molar-refractivity contribution < 1.29 is 0 Å². The monoisotopic (exact) mass is 582 g/mol. The minimum atomic E-state index is -0.283. The van der Waals surface area contributed by atoms with Gasteiger partial charge in [-0.05, 0) is 36.4 Å². The number of fused-ring (bicyclic) bond motifs is 6. The Morgan fingerprint density at radius 3 is 1.33 bits per heavy atom. The van der Waals surface area contributed by atoms with Crippen LogP contribution in [0.4, 0.5) is 0 Å². The highest BCUT2D eigenvalue weighted by atomic mass is 32.1. The van der Waals surface area contributed by atoms with Crippen molar-refractivity contribution in [2.24, 2.45) is 0 Å².